The molecule has 98 valence electrons. The molecular formula is C14H20N2O2. The molecule has 0 spiro atoms. The Morgan fingerprint density at radius 2 is 2.06 bits per heavy atom. The molecule has 2 rings (SSSR count). The number of aryl methyl sites for hydroxylation is 1. The summed E-state index contributed by atoms with van der Waals surface area (Å²) in [5, 5.41) is 0. The van der Waals surface area contributed by atoms with E-state index < -0.39 is 0 Å². The quantitative estimate of drug-likeness (QED) is 0.488. The summed E-state index contributed by atoms with van der Waals surface area (Å²) in [6.45, 7) is 2.05. The molecule has 4 nitrogen and oxygen atoms in total. The topological polar surface area (TPSA) is 64.3 Å². The zero-order valence-electron chi connectivity index (χ0n) is 10.7. The van der Waals surface area contributed by atoms with E-state index in [0.717, 1.165) is 31.4 Å². The van der Waals surface area contributed by atoms with E-state index in [0.29, 0.717) is 0 Å². The summed E-state index contributed by atoms with van der Waals surface area (Å²) in [6.07, 6.45) is 3.73. The second-order valence-corrected chi connectivity index (χ2v) is 4.92. The van der Waals surface area contributed by atoms with E-state index in [4.69, 9.17) is 10.6 Å². The molecule has 0 atom stereocenters. The number of ether oxygens (including phenoxy) is 1. The maximum atomic E-state index is 11.4. The molecule has 0 heterocycles. The summed E-state index contributed by atoms with van der Waals surface area (Å²) < 4.78 is 5.93. The largest absolute Gasteiger partial charge is 0.490 e. The molecule has 1 fully saturated rings. The van der Waals surface area contributed by atoms with Crippen LogP contribution in [-0.4, -0.2) is 12.0 Å². The Morgan fingerprint density at radius 3 is 2.67 bits per heavy atom. The third-order valence-corrected chi connectivity index (χ3v) is 3.48. The van der Waals surface area contributed by atoms with Crippen LogP contribution in [0.2, 0.25) is 0 Å². The van der Waals surface area contributed by atoms with Crippen LogP contribution >= 0.6 is 0 Å². The molecule has 1 aromatic rings. The maximum Gasteiger partial charge on any atom is 0.236 e. The van der Waals surface area contributed by atoms with Crippen molar-refractivity contribution in [1.29, 1.82) is 0 Å². The smallest absolute Gasteiger partial charge is 0.236 e. The Bertz CT molecular complexity index is 412. The lowest BCUT2D eigenvalue weighted by molar-refractivity contribution is -0.126. The molecule has 1 aliphatic carbocycles. The second-order valence-electron chi connectivity index (χ2n) is 4.92. The molecule has 4 heteroatoms. The molecular weight excluding hydrogens is 228 g/mol. The number of hydrogen-bond donors (Lipinski definition) is 2. The van der Waals surface area contributed by atoms with E-state index in [9.17, 15) is 4.79 Å². The van der Waals surface area contributed by atoms with E-state index in [1.807, 2.05) is 18.2 Å². The number of nitrogens with two attached hydrogens (primary N) is 1. The standard InChI is InChI=1S/C14H20N2O2/c1-10-3-2-4-13(9-10)18-12-7-5-11(6-8-12)14(17)16-15/h2-4,9,11-12H,5-8,15H2,1H3,(H,16,17). The highest BCUT2D eigenvalue weighted by atomic mass is 16.5. The number of amides is 1. The van der Waals surface area contributed by atoms with E-state index >= 15 is 0 Å². The van der Waals surface area contributed by atoms with Crippen molar-refractivity contribution in [2.24, 2.45) is 11.8 Å². The zero-order chi connectivity index (χ0) is 13.0. The first kappa shape index (κ1) is 12.9. The molecule has 0 aromatic heterocycles. The Labute approximate surface area is 107 Å². The Hall–Kier alpha value is -1.55. The van der Waals surface area contributed by atoms with Gasteiger partial charge in [-0.25, -0.2) is 5.84 Å². The van der Waals surface area contributed by atoms with E-state index in [-0.39, 0.29) is 17.9 Å². The van der Waals surface area contributed by atoms with Gasteiger partial charge in [0.05, 0.1) is 6.10 Å². The Kier molecular flexibility index (Phi) is 4.20. The van der Waals surface area contributed by atoms with Crippen LogP contribution in [0.5, 0.6) is 5.75 Å². The van der Waals surface area contributed by atoms with Gasteiger partial charge in [0.1, 0.15) is 5.75 Å². The number of hydrazine groups is 1. The zero-order valence-corrected chi connectivity index (χ0v) is 10.7. The SMILES string of the molecule is Cc1cccc(OC2CCC(C(=O)NN)CC2)c1. The minimum atomic E-state index is -0.0518. The van der Waals surface area contributed by atoms with Gasteiger partial charge < -0.3 is 4.74 Å². The van der Waals surface area contributed by atoms with Crippen molar-refractivity contribution in [2.45, 2.75) is 38.7 Å². The molecule has 18 heavy (non-hydrogen) atoms. The summed E-state index contributed by atoms with van der Waals surface area (Å²) >= 11 is 0. The monoisotopic (exact) mass is 248 g/mol. The van der Waals surface area contributed by atoms with Crippen molar-refractivity contribution in [3.05, 3.63) is 29.8 Å². The lowest BCUT2D eigenvalue weighted by atomic mass is 9.87. The summed E-state index contributed by atoms with van der Waals surface area (Å²) in [5.74, 6) is 6.06. The highest BCUT2D eigenvalue weighted by molar-refractivity contribution is 5.78. The number of benzene rings is 1. The summed E-state index contributed by atoms with van der Waals surface area (Å²) in [4.78, 5) is 11.4. The molecule has 3 N–H and O–H groups in total. The average Bonchev–Trinajstić information content (AvgIpc) is 2.39. The summed E-state index contributed by atoms with van der Waals surface area (Å²) in [7, 11) is 0. The van der Waals surface area contributed by atoms with Gasteiger partial charge in [0, 0.05) is 5.92 Å². The molecule has 0 saturated heterocycles. The Balaban J connectivity index is 1.85. The molecule has 0 unspecified atom stereocenters. The molecule has 0 bridgehead atoms. The van der Waals surface area contributed by atoms with Crippen molar-refractivity contribution in [2.75, 3.05) is 0 Å². The van der Waals surface area contributed by atoms with Gasteiger partial charge in [-0.05, 0) is 50.3 Å². The van der Waals surface area contributed by atoms with Crippen LogP contribution in [0.3, 0.4) is 0 Å². The van der Waals surface area contributed by atoms with Crippen LogP contribution in [0.4, 0.5) is 0 Å². The average molecular weight is 248 g/mol. The predicted molar refractivity (Wildman–Crippen MR) is 69.9 cm³/mol. The molecule has 1 amide bonds. The fourth-order valence-electron chi connectivity index (χ4n) is 2.44. The van der Waals surface area contributed by atoms with Crippen LogP contribution in [-0.2, 0) is 4.79 Å². The van der Waals surface area contributed by atoms with Crippen molar-refractivity contribution >= 4 is 5.91 Å². The normalized spacial score (nSPS) is 23.4. The van der Waals surface area contributed by atoms with Gasteiger partial charge in [0.2, 0.25) is 5.91 Å². The van der Waals surface area contributed by atoms with E-state index in [2.05, 4.69) is 18.4 Å². The highest BCUT2D eigenvalue weighted by Crippen LogP contribution is 2.27. The highest BCUT2D eigenvalue weighted by Gasteiger charge is 2.26. The first-order valence-corrected chi connectivity index (χ1v) is 6.43. The van der Waals surface area contributed by atoms with Gasteiger partial charge in [-0.1, -0.05) is 12.1 Å². The fraction of sp³-hybridized carbons (Fsp3) is 0.500. The predicted octanol–water partition coefficient (Wildman–Crippen LogP) is 1.92. The second kappa shape index (κ2) is 5.87. The maximum absolute atomic E-state index is 11.4. The first-order valence-electron chi connectivity index (χ1n) is 6.43. The van der Waals surface area contributed by atoms with Crippen LogP contribution in [0.25, 0.3) is 0 Å². The number of carbonyl (C=O) groups is 1. The van der Waals surface area contributed by atoms with Crippen LogP contribution in [0, 0.1) is 12.8 Å². The number of rotatable bonds is 3. The molecule has 1 aromatic carbocycles. The molecule has 0 aliphatic heterocycles. The van der Waals surface area contributed by atoms with Crippen LogP contribution in [0.15, 0.2) is 24.3 Å². The lowest BCUT2D eigenvalue weighted by Gasteiger charge is -2.27. The minimum Gasteiger partial charge on any atom is -0.490 e. The van der Waals surface area contributed by atoms with Crippen molar-refractivity contribution in [3.8, 4) is 5.75 Å². The van der Waals surface area contributed by atoms with E-state index in [1.54, 1.807) is 0 Å². The number of hydrogen-bond acceptors (Lipinski definition) is 3. The van der Waals surface area contributed by atoms with Crippen LogP contribution < -0.4 is 16.0 Å². The molecule has 1 aliphatic rings. The van der Waals surface area contributed by atoms with Crippen LogP contribution in [0.1, 0.15) is 31.2 Å². The third kappa shape index (κ3) is 3.23. The van der Waals surface area contributed by atoms with Gasteiger partial charge in [0.15, 0.2) is 0 Å². The number of nitrogens with one attached hydrogen (secondary N) is 1. The van der Waals surface area contributed by atoms with Gasteiger partial charge in [-0.3, -0.25) is 10.2 Å². The summed E-state index contributed by atoms with van der Waals surface area (Å²) in [5.41, 5.74) is 3.42. The minimum absolute atomic E-state index is 0.0485. The fourth-order valence-corrected chi connectivity index (χ4v) is 2.44. The summed E-state index contributed by atoms with van der Waals surface area (Å²) in [6, 6.07) is 8.07. The van der Waals surface area contributed by atoms with Crippen molar-refractivity contribution in [3.63, 3.8) is 0 Å². The first-order chi connectivity index (χ1) is 8.69. The lowest BCUT2D eigenvalue weighted by Crippen LogP contribution is -2.38. The third-order valence-electron chi connectivity index (χ3n) is 3.48. The molecule has 0 radical (unpaired) electrons. The van der Waals surface area contributed by atoms with Gasteiger partial charge in [-0.2, -0.15) is 0 Å². The van der Waals surface area contributed by atoms with E-state index in [1.165, 1.54) is 5.56 Å². The Morgan fingerprint density at radius 1 is 1.33 bits per heavy atom. The van der Waals surface area contributed by atoms with Gasteiger partial charge >= 0.3 is 0 Å². The van der Waals surface area contributed by atoms with Gasteiger partial charge in [-0.15, -0.1) is 0 Å². The van der Waals surface area contributed by atoms with Gasteiger partial charge in [0.25, 0.3) is 0 Å². The number of carbonyl (C=O) groups excluding carboxylic acids is 1. The van der Waals surface area contributed by atoms with Crippen molar-refractivity contribution in [1.82, 2.24) is 5.43 Å². The van der Waals surface area contributed by atoms with Crippen molar-refractivity contribution < 1.29 is 9.53 Å². The molecule has 1 saturated carbocycles.